The standard InChI is InChI=1S/C10H15NO3/c1-10(2,7-4-5-11-6-7)8(14-3)9(12)13/h4-6,8,11H,1-3H3,(H,12,13). The first kappa shape index (κ1) is 10.8. The van der Waals surface area contributed by atoms with E-state index in [-0.39, 0.29) is 0 Å². The molecule has 1 aromatic heterocycles. The first-order chi connectivity index (χ1) is 6.50. The molecule has 0 bridgehead atoms. The van der Waals surface area contributed by atoms with Gasteiger partial charge >= 0.3 is 5.97 Å². The minimum absolute atomic E-state index is 0.541. The van der Waals surface area contributed by atoms with Gasteiger partial charge in [0.2, 0.25) is 0 Å². The fourth-order valence-electron chi connectivity index (χ4n) is 1.58. The van der Waals surface area contributed by atoms with Crippen LogP contribution in [-0.4, -0.2) is 29.3 Å². The Labute approximate surface area is 82.9 Å². The molecule has 0 aliphatic heterocycles. The Hall–Kier alpha value is -1.29. The molecule has 4 heteroatoms. The SMILES string of the molecule is COC(C(=O)O)C(C)(C)c1cc[nH]c1. The molecule has 0 aliphatic rings. The zero-order chi connectivity index (χ0) is 10.8. The van der Waals surface area contributed by atoms with Gasteiger partial charge in [0, 0.05) is 24.9 Å². The van der Waals surface area contributed by atoms with E-state index < -0.39 is 17.5 Å². The smallest absolute Gasteiger partial charge is 0.333 e. The molecule has 1 heterocycles. The maximum atomic E-state index is 10.9. The van der Waals surface area contributed by atoms with Crippen molar-refractivity contribution in [2.75, 3.05) is 7.11 Å². The van der Waals surface area contributed by atoms with Crippen LogP contribution in [0.2, 0.25) is 0 Å². The number of rotatable bonds is 4. The number of hydrogen-bond donors (Lipinski definition) is 2. The Morgan fingerprint density at radius 2 is 2.29 bits per heavy atom. The molecule has 0 radical (unpaired) electrons. The Bertz CT molecular complexity index is 303. The fraction of sp³-hybridized carbons (Fsp3) is 0.500. The van der Waals surface area contributed by atoms with E-state index in [1.165, 1.54) is 7.11 Å². The van der Waals surface area contributed by atoms with Crippen LogP contribution in [-0.2, 0) is 14.9 Å². The lowest BCUT2D eigenvalue weighted by atomic mass is 9.80. The number of nitrogens with one attached hydrogen (secondary N) is 1. The van der Waals surface area contributed by atoms with Crippen molar-refractivity contribution in [3.05, 3.63) is 24.0 Å². The van der Waals surface area contributed by atoms with Crippen molar-refractivity contribution in [2.45, 2.75) is 25.4 Å². The van der Waals surface area contributed by atoms with Gasteiger partial charge in [0.25, 0.3) is 0 Å². The number of aliphatic carboxylic acids is 1. The normalized spacial score (nSPS) is 13.9. The number of carbonyl (C=O) groups is 1. The van der Waals surface area contributed by atoms with Crippen LogP contribution >= 0.6 is 0 Å². The lowest BCUT2D eigenvalue weighted by Gasteiger charge is -2.29. The first-order valence-corrected chi connectivity index (χ1v) is 4.39. The molecule has 2 N–H and O–H groups in total. The third-order valence-corrected chi connectivity index (χ3v) is 2.46. The van der Waals surface area contributed by atoms with E-state index in [2.05, 4.69) is 4.98 Å². The third kappa shape index (κ3) is 1.80. The van der Waals surface area contributed by atoms with Gasteiger partial charge in [-0.15, -0.1) is 0 Å². The van der Waals surface area contributed by atoms with Crippen LogP contribution in [0.5, 0.6) is 0 Å². The van der Waals surface area contributed by atoms with Crippen LogP contribution in [0.4, 0.5) is 0 Å². The molecule has 4 nitrogen and oxygen atoms in total. The highest BCUT2D eigenvalue weighted by Crippen LogP contribution is 2.28. The average Bonchev–Trinajstić information content (AvgIpc) is 2.55. The topological polar surface area (TPSA) is 62.3 Å². The molecule has 0 saturated heterocycles. The summed E-state index contributed by atoms with van der Waals surface area (Å²) >= 11 is 0. The summed E-state index contributed by atoms with van der Waals surface area (Å²) in [5.74, 6) is -0.946. The summed E-state index contributed by atoms with van der Waals surface area (Å²) in [4.78, 5) is 13.8. The molecule has 0 fully saturated rings. The monoisotopic (exact) mass is 197 g/mol. The Morgan fingerprint density at radius 3 is 2.64 bits per heavy atom. The molecule has 1 unspecified atom stereocenters. The van der Waals surface area contributed by atoms with Gasteiger partial charge in [-0.1, -0.05) is 13.8 Å². The largest absolute Gasteiger partial charge is 0.479 e. The molecule has 0 amide bonds. The summed E-state index contributed by atoms with van der Waals surface area (Å²) in [5, 5.41) is 8.97. The highest BCUT2D eigenvalue weighted by Gasteiger charge is 2.37. The number of ether oxygens (including phenoxy) is 1. The van der Waals surface area contributed by atoms with Gasteiger partial charge < -0.3 is 14.8 Å². The van der Waals surface area contributed by atoms with Gasteiger partial charge in [-0.25, -0.2) is 4.79 Å². The van der Waals surface area contributed by atoms with Crippen molar-refractivity contribution in [3.8, 4) is 0 Å². The lowest BCUT2D eigenvalue weighted by Crippen LogP contribution is -2.41. The minimum Gasteiger partial charge on any atom is -0.479 e. The van der Waals surface area contributed by atoms with E-state index >= 15 is 0 Å². The van der Waals surface area contributed by atoms with Gasteiger partial charge in [-0.2, -0.15) is 0 Å². The predicted octanol–water partition coefficient (Wildman–Crippen LogP) is 1.39. The van der Waals surface area contributed by atoms with Crippen molar-refractivity contribution in [2.24, 2.45) is 0 Å². The molecule has 1 rings (SSSR count). The van der Waals surface area contributed by atoms with E-state index in [1.54, 1.807) is 12.4 Å². The molecule has 14 heavy (non-hydrogen) atoms. The molecular weight excluding hydrogens is 182 g/mol. The highest BCUT2D eigenvalue weighted by molar-refractivity contribution is 5.74. The zero-order valence-electron chi connectivity index (χ0n) is 8.57. The van der Waals surface area contributed by atoms with Gasteiger partial charge in [-0.3, -0.25) is 0 Å². The average molecular weight is 197 g/mol. The van der Waals surface area contributed by atoms with Crippen LogP contribution < -0.4 is 0 Å². The number of aromatic amines is 1. The second kappa shape index (κ2) is 3.84. The van der Waals surface area contributed by atoms with E-state index in [4.69, 9.17) is 9.84 Å². The number of aromatic nitrogens is 1. The molecule has 78 valence electrons. The van der Waals surface area contributed by atoms with Crippen LogP contribution in [0.25, 0.3) is 0 Å². The van der Waals surface area contributed by atoms with Crippen LogP contribution in [0.3, 0.4) is 0 Å². The van der Waals surface area contributed by atoms with Crippen molar-refractivity contribution in [1.82, 2.24) is 4.98 Å². The number of carboxylic acids is 1. The molecule has 0 saturated carbocycles. The van der Waals surface area contributed by atoms with Crippen LogP contribution in [0.1, 0.15) is 19.4 Å². The van der Waals surface area contributed by atoms with Crippen LogP contribution in [0.15, 0.2) is 18.5 Å². The Morgan fingerprint density at radius 1 is 1.64 bits per heavy atom. The maximum Gasteiger partial charge on any atom is 0.333 e. The van der Waals surface area contributed by atoms with E-state index in [0.29, 0.717) is 0 Å². The maximum absolute atomic E-state index is 10.9. The summed E-state index contributed by atoms with van der Waals surface area (Å²) in [6, 6.07) is 1.86. The summed E-state index contributed by atoms with van der Waals surface area (Å²) in [5.41, 5.74) is 0.382. The number of carboxylic acid groups (broad SMARTS) is 1. The van der Waals surface area contributed by atoms with Crippen molar-refractivity contribution in [1.29, 1.82) is 0 Å². The molecule has 1 atom stereocenters. The van der Waals surface area contributed by atoms with Gasteiger partial charge in [0.15, 0.2) is 6.10 Å². The van der Waals surface area contributed by atoms with Crippen molar-refractivity contribution >= 4 is 5.97 Å². The van der Waals surface area contributed by atoms with Gasteiger partial charge in [0.1, 0.15) is 0 Å². The molecule has 0 aliphatic carbocycles. The number of methoxy groups -OCH3 is 1. The van der Waals surface area contributed by atoms with E-state index in [1.807, 2.05) is 19.9 Å². The first-order valence-electron chi connectivity index (χ1n) is 4.39. The number of H-pyrrole nitrogens is 1. The second-order valence-corrected chi connectivity index (χ2v) is 3.78. The van der Waals surface area contributed by atoms with Crippen molar-refractivity contribution < 1.29 is 14.6 Å². The fourth-order valence-corrected chi connectivity index (χ4v) is 1.58. The molecular formula is C10H15NO3. The second-order valence-electron chi connectivity index (χ2n) is 3.78. The molecule has 0 spiro atoms. The summed E-state index contributed by atoms with van der Waals surface area (Å²) in [6.45, 7) is 3.69. The summed E-state index contributed by atoms with van der Waals surface area (Å²) < 4.78 is 4.99. The third-order valence-electron chi connectivity index (χ3n) is 2.46. The van der Waals surface area contributed by atoms with E-state index in [9.17, 15) is 4.79 Å². The van der Waals surface area contributed by atoms with Gasteiger partial charge in [0.05, 0.1) is 0 Å². The summed E-state index contributed by atoms with van der Waals surface area (Å²) in [6.07, 6.45) is 2.72. The summed E-state index contributed by atoms with van der Waals surface area (Å²) in [7, 11) is 1.41. The molecule has 1 aromatic rings. The van der Waals surface area contributed by atoms with E-state index in [0.717, 1.165) is 5.56 Å². The van der Waals surface area contributed by atoms with Crippen molar-refractivity contribution in [3.63, 3.8) is 0 Å². The Kier molecular flexibility index (Phi) is 2.96. The van der Waals surface area contributed by atoms with Gasteiger partial charge in [-0.05, 0) is 11.6 Å². The molecule has 0 aromatic carbocycles. The quantitative estimate of drug-likeness (QED) is 0.766. The zero-order valence-corrected chi connectivity index (χ0v) is 8.57. The lowest BCUT2D eigenvalue weighted by molar-refractivity contribution is -0.152. The highest BCUT2D eigenvalue weighted by atomic mass is 16.5. The number of hydrogen-bond acceptors (Lipinski definition) is 2. The van der Waals surface area contributed by atoms with Crippen LogP contribution in [0, 0.1) is 0 Å². The predicted molar refractivity (Wildman–Crippen MR) is 52.3 cm³/mol. The Balaban J connectivity index is 2.99. The minimum atomic E-state index is -0.946.